The van der Waals surface area contributed by atoms with Crippen LogP contribution in [0.15, 0.2) is 317 Å². The average molecular weight is 1390 g/mol. The SMILES string of the molecule is Cc1ccc[n+](C/C=C/c2ccccc2)c1.Cc1ccc[n+](CC(=O)Cc2ccc(O)cc2)c1.Cc1ccc[n+](CC(N)=O)c1.Cc1ccc[n+](Cc2ccc(OC(F)(F)F)cc2)c1.Cc1ccc[n+](Cc2ccccc2)c1.Cc1cccc[n+]1CC(N)=O.Cc1cccc[n+]1Cc1ccccc1. The first-order valence-electron chi connectivity index (χ1n) is 33.7. The number of aromatic nitrogens is 7. The van der Waals surface area contributed by atoms with Crippen LogP contribution in [0.4, 0.5) is 13.2 Å². The van der Waals surface area contributed by atoms with E-state index in [9.17, 15) is 27.6 Å². The molecule has 14 nitrogen and oxygen atoms in total. The molecule has 17 heteroatoms. The number of primary amides is 2. The van der Waals surface area contributed by atoms with E-state index in [-0.39, 0.29) is 42.2 Å². The van der Waals surface area contributed by atoms with E-state index in [0.717, 1.165) is 53.1 Å². The highest BCUT2D eigenvalue weighted by atomic mass is 19.4. The predicted molar refractivity (Wildman–Crippen MR) is 394 cm³/mol. The molecular formula is C86H95F3N9O5+7. The van der Waals surface area contributed by atoms with Gasteiger partial charge < -0.3 is 21.3 Å². The van der Waals surface area contributed by atoms with Crippen molar-refractivity contribution in [1.82, 2.24) is 0 Å². The van der Waals surface area contributed by atoms with Crippen molar-refractivity contribution in [3.63, 3.8) is 0 Å². The zero-order valence-corrected chi connectivity index (χ0v) is 59.8. The van der Waals surface area contributed by atoms with Gasteiger partial charge in [0.25, 0.3) is 11.8 Å². The van der Waals surface area contributed by atoms with Crippen LogP contribution in [0.5, 0.6) is 11.5 Å². The molecule has 0 radical (unpaired) electrons. The zero-order valence-electron chi connectivity index (χ0n) is 59.8. The van der Waals surface area contributed by atoms with Gasteiger partial charge in [0.1, 0.15) is 11.5 Å². The number of alkyl halides is 3. The smallest absolute Gasteiger partial charge is 0.508 e. The number of amides is 2. The van der Waals surface area contributed by atoms with Gasteiger partial charge in [-0.1, -0.05) is 121 Å². The van der Waals surface area contributed by atoms with Crippen molar-refractivity contribution >= 4 is 23.7 Å². The first kappa shape index (κ1) is 79.9. The van der Waals surface area contributed by atoms with Crippen LogP contribution in [0, 0.1) is 48.5 Å². The molecule has 0 saturated carbocycles. The van der Waals surface area contributed by atoms with Gasteiger partial charge in [-0.3, -0.25) is 14.4 Å². The van der Waals surface area contributed by atoms with Crippen molar-refractivity contribution < 1.29 is 69.4 Å². The maximum atomic E-state index is 12.0. The van der Waals surface area contributed by atoms with Crippen LogP contribution >= 0.6 is 0 Å². The monoisotopic (exact) mass is 1390 g/mol. The highest BCUT2D eigenvalue weighted by Crippen LogP contribution is 2.23. The lowest BCUT2D eigenvalue weighted by molar-refractivity contribution is -0.694. The van der Waals surface area contributed by atoms with Gasteiger partial charge in [0, 0.05) is 119 Å². The molecule has 528 valence electrons. The van der Waals surface area contributed by atoms with E-state index in [4.69, 9.17) is 16.6 Å². The van der Waals surface area contributed by atoms with Gasteiger partial charge in [-0.25, -0.2) is 13.7 Å². The molecule has 0 aliphatic heterocycles. The lowest BCUT2D eigenvalue weighted by atomic mass is 10.1. The Kier molecular flexibility index (Phi) is 33.7. The maximum Gasteiger partial charge on any atom is 0.573 e. The van der Waals surface area contributed by atoms with E-state index < -0.39 is 6.36 Å². The van der Waals surface area contributed by atoms with Gasteiger partial charge >= 0.3 is 6.36 Å². The second kappa shape index (κ2) is 43.4. The number of benzene rings is 5. The van der Waals surface area contributed by atoms with Crippen LogP contribution in [-0.4, -0.2) is 29.1 Å². The number of allylic oxidation sites excluding steroid dienone is 1. The Hall–Kier alpha value is -12.1. The third-order valence-corrected chi connectivity index (χ3v) is 15.1. The summed E-state index contributed by atoms with van der Waals surface area (Å²) < 4.78 is 53.9. The number of hydrogen-bond donors (Lipinski definition) is 3. The highest BCUT2D eigenvalue weighted by molar-refractivity contribution is 5.79. The molecule has 7 heterocycles. The minimum Gasteiger partial charge on any atom is -0.508 e. The number of carbonyl (C=O) groups is 3. The van der Waals surface area contributed by atoms with Crippen molar-refractivity contribution in [1.29, 1.82) is 0 Å². The van der Waals surface area contributed by atoms with Crippen LogP contribution in [0.25, 0.3) is 6.08 Å². The van der Waals surface area contributed by atoms with Gasteiger partial charge in [0.05, 0.1) is 0 Å². The Bertz CT molecular complexity index is 4540. The molecule has 0 unspecified atom stereocenters. The number of pyridine rings is 7. The normalized spacial score (nSPS) is 10.3. The van der Waals surface area contributed by atoms with Crippen molar-refractivity contribution in [3.8, 4) is 11.5 Å². The maximum absolute atomic E-state index is 12.0. The molecule has 0 fully saturated rings. The van der Waals surface area contributed by atoms with Crippen LogP contribution < -0.4 is 48.2 Å². The summed E-state index contributed by atoms with van der Waals surface area (Å²) in [5.41, 5.74) is 24.1. The molecule has 0 saturated heterocycles. The second-order valence-electron chi connectivity index (χ2n) is 24.5. The molecule has 0 aliphatic carbocycles. The quantitative estimate of drug-likeness (QED) is 0.0728. The molecule has 2 amide bonds. The fraction of sp³-hybridized carbons (Fsp3) is 0.186. The molecule has 0 aliphatic rings. The first-order chi connectivity index (χ1) is 49.5. The number of aryl methyl sites for hydroxylation is 7. The lowest BCUT2D eigenvalue weighted by Crippen LogP contribution is -2.42. The Labute approximate surface area is 604 Å². The highest BCUT2D eigenvalue weighted by Gasteiger charge is 2.31. The summed E-state index contributed by atoms with van der Waals surface area (Å²) in [4.78, 5) is 32.9. The van der Waals surface area contributed by atoms with Crippen LogP contribution in [0.2, 0.25) is 0 Å². The summed E-state index contributed by atoms with van der Waals surface area (Å²) in [7, 11) is 0. The Morgan fingerprint density at radius 1 is 0.388 bits per heavy atom. The number of phenolic OH excluding ortho intramolecular Hbond substituents is 1. The Morgan fingerprint density at radius 3 is 1.21 bits per heavy atom. The van der Waals surface area contributed by atoms with Crippen molar-refractivity contribution in [2.45, 2.75) is 107 Å². The van der Waals surface area contributed by atoms with Gasteiger partial charge in [0.2, 0.25) is 25.4 Å². The Balaban J connectivity index is 0.000000190. The van der Waals surface area contributed by atoms with E-state index in [1.54, 1.807) is 41.0 Å². The average Bonchev–Trinajstić information content (AvgIpc) is 0.897. The first-order valence-corrected chi connectivity index (χ1v) is 33.7. The predicted octanol–water partition coefficient (Wildman–Crippen LogP) is 12.2. The summed E-state index contributed by atoms with van der Waals surface area (Å²) in [6.45, 7) is 18.5. The number of ketones is 1. The van der Waals surface area contributed by atoms with Crippen LogP contribution in [-0.2, 0) is 66.6 Å². The summed E-state index contributed by atoms with van der Waals surface area (Å²) >= 11 is 0. The van der Waals surface area contributed by atoms with E-state index >= 15 is 0 Å². The van der Waals surface area contributed by atoms with Crippen molar-refractivity contribution in [2.24, 2.45) is 11.5 Å². The molecule has 12 aromatic rings. The van der Waals surface area contributed by atoms with Crippen LogP contribution in [0.1, 0.15) is 67.0 Å². The fourth-order valence-corrected chi connectivity index (χ4v) is 10.2. The number of rotatable bonds is 18. The number of halogens is 3. The number of nitrogens with zero attached hydrogens (tertiary/aromatic N) is 7. The van der Waals surface area contributed by atoms with Gasteiger partial charge in [0.15, 0.2) is 112 Å². The summed E-state index contributed by atoms with van der Waals surface area (Å²) in [5, 5.41) is 9.17. The number of nitrogens with two attached hydrogens (primary N) is 2. The van der Waals surface area contributed by atoms with Crippen LogP contribution in [0.3, 0.4) is 0 Å². The fourth-order valence-electron chi connectivity index (χ4n) is 10.2. The van der Waals surface area contributed by atoms with E-state index in [1.165, 1.54) is 45.6 Å². The molecule has 0 bridgehead atoms. The minimum atomic E-state index is -4.65. The van der Waals surface area contributed by atoms with E-state index in [1.807, 2.05) is 158 Å². The topological polar surface area (TPSA) is 160 Å². The van der Waals surface area contributed by atoms with Crippen molar-refractivity contribution in [3.05, 3.63) is 384 Å². The van der Waals surface area contributed by atoms with Gasteiger partial charge in [-0.2, -0.15) is 18.3 Å². The molecule has 12 rings (SSSR count). The largest absolute Gasteiger partial charge is 0.573 e. The number of Topliss-reactive ketones (excluding diaryl/α,β-unsaturated/α-hetero) is 1. The molecule has 0 spiro atoms. The summed E-state index contributed by atoms with van der Waals surface area (Å²) in [6, 6.07) is 76.1. The molecule has 7 aromatic heterocycles. The second-order valence-corrected chi connectivity index (χ2v) is 24.5. The molecule has 5 aromatic carbocycles. The molecule has 5 N–H and O–H groups in total. The Morgan fingerprint density at radius 2 is 0.767 bits per heavy atom. The summed E-state index contributed by atoms with van der Waals surface area (Å²) in [6.07, 6.45) is 23.9. The standard InChI is InChI=1S/C15H15NO2.C15H16N.C14H13F3NO.2C13H14N.2C8H10N2O/c1-12-3-2-8-16(10-12)11-15(18)9-13-4-6-14(17)7-5-13;1-14-7-5-11-16(13-14)12-6-10-15-8-3-2-4-9-15;1-11-3-2-8-18(9-11)10-12-4-6-13(7-5-12)19-14(15,16)17;1-12-7-5-6-10-14(12)11-13-8-3-2-4-9-13;1-12-6-5-9-14(10-12)11-13-7-3-2-4-8-13;1-7-3-2-4-10(5-7)6-8(9)11;1-7-4-2-3-5-10(7)6-8(9)11/h2-8,10H,9,11H2,1H3;2-11,13H,12H2,1H3;2-9H,10H2,1H3;2*2-10H,11H2,1H3;2*2-5H,6H2,1H3,(H-,9,11)/q;4*+1;;/p+3/b;10-6+;;;;;. The zero-order chi connectivity index (χ0) is 74.2. The third kappa shape index (κ3) is 34.0. The number of carbonyl (C=O) groups excluding carboxylic acids is 3. The van der Waals surface area contributed by atoms with Gasteiger partial charge in [-0.15, -0.1) is 13.2 Å². The van der Waals surface area contributed by atoms with Crippen molar-refractivity contribution in [2.75, 3.05) is 0 Å². The number of ether oxygens (including phenoxy) is 1. The third-order valence-electron chi connectivity index (χ3n) is 15.1. The molecular weight excluding hydrogens is 1300 g/mol. The number of hydrogen-bond acceptors (Lipinski definition) is 5. The van der Waals surface area contributed by atoms with E-state index in [0.29, 0.717) is 19.5 Å². The number of aromatic hydroxyl groups is 1. The van der Waals surface area contributed by atoms with Gasteiger partial charge in [-0.05, 0) is 119 Å². The molecule has 103 heavy (non-hydrogen) atoms. The number of phenols is 1. The van der Waals surface area contributed by atoms with E-state index in [2.05, 4.69) is 198 Å². The summed E-state index contributed by atoms with van der Waals surface area (Å²) in [5.74, 6) is -0.467. The molecule has 0 atom stereocenters. The minimum absolute atomic E-state index is 0.149. The lowest BCUT2D eigenvalue weighted by Gasteiger charge is -2.08.